The van der Waals surface area contributed by atoms with E-state index in [1.54, 1.807) is 0 Å². The van der Waals surface area contributed by atoms with Gasteiger partial charge in [0, 0.05) is 52.0 Å². The van der Waals surface area contributed by atoms with Crippen LogP contribution in [0.4, 0.5) is 0 Å². The van der Waals surface area contributed by atoms with Crippen LogP contribution in [-0.4, -0.2) is 47.0 Å². The zero-order chi connectivity index (χ0) is 16.6. The molecule has 0 fully saturated rings. The summed E-state index contributed by atoms with van der Waals surface area (Å²) < 4.78 is 0. The number of halogens is 2. The lowest BCUT2D eigenvalue weighted by molar-refractivity contribution is -0.00100. The summed E-state index contributed by atoms with van der Waals surface area (Å²) in [7, 11) is 4.24. The summed E-state index contributed by atoms with van der Waals surface area (Å²) in [6.45, 7) is 10.7. The average molecular weight is 383 g/mol. The number of nitrogens with zero attached hydrogens (tertiary/aromatic N) is 4. The molecule has 3 rings (SSSR count). The van der Waals surface area contributed by atoms with Gasteiger partial charge in [-0.25, -0.2) is 0 Å². The molecule has 0 radical (unpaired) electrons. The van der Waals surface area contributed by atoms with E-state index in [0.717, 1.165) is 26.4 Å². The van der Waals surface area contributed by atoms with Gasteiger partial charge < -0.3 is 44.4 Å². The van der Waals surface area contributed by atoms with Crippen LogP contribution in [0.3, 0.4) is 0 Å². The molecule has 0 aromatic heterocycles. The van der Waals surface area contributed by atoms with Crippen molar-refractivity contribution in [2.45, 2.75) is 33.9 Å². The van der Waals surface area contributed by atoms with E-state index < -0.39 is 0 Å². The van der Waals surface area contributed by atoms with Crippen molar-refractivity contribution >= 4 is 0 Å². The van der Waals surface area contributed by atoms with E-state index >= 15 is 0 Å². The lowest BCUT2D eigenvalue weighted by Gasteiger charge is -2.25. The highest BCUT2D eigenvalue weighted by Gasteiger charge is 2.17. The molecule has 6 heteroatoms. The Bertz CT molecular complexity index is 605. The van der Waals surface area contributed by atoms with Gasteiger partial charge in [-0.05, 0) is 48.6 Å². The number of hydrogen-bond acceptors (Lipinski definition) is 4. The third kappa shape index (κ3) is 4.77. The van der Waals surface area contributed by atoms with Gasteiger partial charge in [0.1, 0.15) is 0 Å². The smallest absolute Gasteiger partial charge is 0.0894 e. The predicted molar refractivity (Wildman–Crippen MR) is 95.3 cm³/mol. The zero-order valence-corrected chi connectivity index (χ0v) is 17.3. The van der Waals surface area contributed by atoms with Gasteiger partial charge in [-0.15, -0.1) is 0 Å². The monoisotopic (exact) mass is 382 g/mol. The molecule has 2 aliphatic heterocycles. The van der Waals surface area contributed by atoms with Gasteiger partial charge in [0.25, 0.3) is 0 Å². The van der Waals surface area contributed by atoms with Crippen molar-refractivity contribution in [2.24, 2.45) is 0 Å². The number of aryl methyl sites for hydroxylation is 2. The second-order valence-corrected chi connectivity index (χ2v) is 6.98. The molecule has 1 aromatic rings. The van der Waals surface area contributed by atoms with E-state index in [1.807, 2.05) is 0 Å². The van der Waals surface area contributed by atoms with Crippen molar-refractivity contribution in [3.8, 4) is 0 Å². The first-order chi connectivity index (χ1) is 10.9. The first kappa shape index (κ1) is 21.5. The summed E-state index contributed by atoms with van der Waals surface area (Å²) in [5.41, 5.74) is 7.21. The molecule has 0 spiro atoms. The Morgan fingerprint density at radius 2 is 1.12 bits per heavy atom. The number of hydrogen-bond donors (Lipinski definition) is 0. The first-order valence-corrected chi connectivity index (χ1v) is 8.28. The van der Waals surface area contributed by atoms with Crippen LogP contribution in [-0.2, 0) is 13.1 Å². The normalized spacial score (nSPS) is 15.7. The lowest BCUT2D eigenvalue weighted by Crippen LogP contribution is -3.00. The van der Waals surface area contributed by atoms with E-state index in [1.165, 1.54) is 27.8 Å². The molecule has 2 heterocycles. The highest BCUT2D eigenvalue weighted by molar-refractivity contribution is 5.45. The highest BCUT2D eigenvalue weighted by Crippen LogP contribution is 2.26. The molecule has 140 valence electrons. The highest BCUT2D eigenvalue weighted by atomic mass is 35.5. The van der Waals surface area contributed by atoms with Gasteiger partial charge >= 0.3 is 0 Å². The third-order valence-electron chi connectivity index (χ3n) is 4.89. The summed E-state index contributed by atoms with van der Waals surface area (Å²) >= 11 is 0. The van der Waals surface area contributed by atoms with Gasteiger partial charge in [-0.2, -0.15) is 0 Å². The molecule has 0 saturated carbocycles. The van der Waals surface area contributed by atoms with Crippen LogP contribution >= 0.6 is 0 Å². The first-order valence-electron chi connectivity index (χ1n) is 8.28. The van der Waals surface area contributed by atoms with E-state index in [4.69, 9.17) is 0 Å². The van der Waals surface area contributed by atoms with Crippen LogP contribution in [0.15, 0.2) is 30.9 Å². The topological polar surface area (TPSA) is 13.0 Å². The fraction of sp³-hybridized carbons (Fsp3) is 0.474. The van der Waals surface area contributed by atoms with Crippen molar-refractivity contribution in [3.05, 3.63) is 58.7 Å². The average Bonchev–Trinajstić information content (AvgIpc) is 3.08. The van der Waals surface area contributed by atoms with Gasteiger partial charge in [0.2, 0.25) is 0 Å². The fourth-order valence-corrected chi connectivity index (χ4v) is 3.55. The molecule has 0 bridgehead atoms. The van der Waals surface area contributed by atoms with Crippen molar-refractivity contribution in [3.63, 3.8) is 0 Å². The predicted octanol–water partition coefficient (Wildman–Crippen LogP) is -3.03. The third-order valence-corrected chi connectivity index (χ3v) is 4.89. The molecule has 0 unspecified atom stereocenters. The zero-order valence-electron chi connectivity index (χ0n) is 15.8. The molecule has 2 aliphatic rings. The summed E-state index contributed by atoms with van der Waals surface area (Å²) in [4.78, 5) is 9.17. The Labute approximate surface area is 164 Å². The SMILES string of the molecule is Cc1cc(C)c(CN2C=CN(C)C2)c(C)c1CN1C=CN(C)C1.[Cl-].[Cl-]. The molecule has 0 atom stereocenters. The molecular formula is C19H28Cl2N4-2. The van der Waals surface area contributed by atoms with E-state index in [2.05, 4.69) is 85.3 Å². The van der Waals surface area contributed by atoms with Crippen LogP contribution in [0.5, 0.6) is 0 Å². The minimum absolute atomic E-state index is 0. The van der Waals surface area contributed by atoms with Crippen LogP contribution < -0.4 is 24.8 Å². The summed E-state index contributed by atoms with van der Waals surface area (Å²) in [5.74, 6) is 0. The molecule has 25 heavy (non-hydrogen) atoms. The second-order valence-electron chi connectivity index (χ2n) is 6.98. The molecule has 4 nitrogen and oxygen atoms in total. The summed E-state index contributed by atoms with van der Waals surface area (Å²) in [6, 6.07) is 2.35. The Balaban J connectivity index is 0.00000156. The van der Waals surface area contributed by atoms with Crippen molar-refractivity contribution in [1.82, 2.24) is 19.6 Å². The molecule has 0 aliphatic carbocycles. The van der Waals surface area contributed by atoms with Gasteiger partial charge in [0.05, 0.1) is 13.3 Å². The minimum Gasteiger partial charge on any atom is -1.00 e. The van der Waals surface area contributed by atoms with E-state index in [-0.39, 0.29) is 24.8 Å². The number of rotatable bonds is 4. The Morgan fingerprint density at radius 1 is 0.720 bits per heavy atom. The fourth-order valence-electron chi connectivity index (χ4n) is 3.55. The lowest BCUT2D eigenvalue weighted by atomic mass is 9.93. The minimum atomic E-state index is 0. The maximum absolute atomic E-state index is 2.37. The molecule has 0 amide bonds. The quantitative estimate of drug-likeness (QED) is 0.549. The van der Waals surface area contributed by atoms with Crippen molar-refractivity contribution in [1.29, 1.82) is 0 Å². The van der Waals surface area contributed by atoms with Gasteiger partial charge in [-0.1, -0.05) is 6.07 Å². The van der Waals surface area contributed by atoms with Crippen molar-refractivity contribution < 1.29 is 24.8 Å². The molecule has 0 saturated heterocycles. The number of benzene rings is 1. The van der Waals surface area contributed by atoms with Crippen molar-refractivity contribution in [2.75, 3.05) is 27.4 Å². The van der Waals surface area contributed by atoms with E-state index in [9.17, 15) is 0 Å². The van der Waals surface area contributed by atoms with Crippen LogP contribution in [0.1, 0.15) is 27.8 Å². The van der Waals surface area contributed by atoms with Crippen LogP contribution in [0.25, 0.3) is 0 Å². The van der Waals surface area contributed by atoms with Gasteiger partial charge in [0.15, 0.2) is 0 Å². The second kappa shape index (κ2) is 8.72. The Morgan fingerprint density at radius 3 is 1.44 bits per heavy atom. The maximum atomic E-state index is 2.37. The standard InChI is InChI=1S/C19H28N4.2ClH/c1-15-10-16(2)19(12-23-9-7-21(5)14-23)17(3)18(15)11-22-8-6-20(4)13-22;;/h6-10H,11-14H2,1-5H3;2*1H/p-2. The molecular weight excluding hydrogens is 355 g/mol. The van der Waals surface area contributed by atoms with E-state index in [0.29, 0.717) is 0 Å². The van der Waals surface area contributed by atoms with Crippen LogP contribution in [0, 0.1) is 20.8 Å². The largest absolute Gasteiger partial charge is 1.00 e. The van der Waals surface area contributed by atoms with Crippen LogP contribution in [0.2, 0.25) is 0 Å². The Kier molecular flexibility index (Phi) is 7.51. The molecule has 1 aromatic carbocycles. The molecule has 0 N–H and O–H groups in total. The summed E-state index contributed by atoms with van der Waals surface area (Å²) in [6.07, 6.45) is 8.67. The maximum Gasteiger partial charge on any atom is 0.0894 e. The summed E-state index contributed by atoms with van der Waals surface area (Å²) in [5, 5.41) is 0. The Hall–Kier alpha value is -1.52. The van der Waals surface area contributed by atoms with Gasteiger partial charge in [-0.3, -0.25) is 0 Å².